The van der Waals surface area contributed by atoms with Gasteiger partial charge in [0.05, 0.1) is 13.2 Å². The third kappa shape index (κ3) is 7.12. The Morgan fingerprint density at radius 2 is 1.20 bits per heavy atom. The van der Waals surface area contributed by atoms with E-state index in [0.29, 0.717) is 25.0 Å². The first-order chi connectivity index (χ1) is 7.02. The zero-order valence-electron chi connectivity index (χ0n) is 9.06. The highest BCUT2D eigenvalue weighted by molar-refractivity contribution is 6.22. The molecule has 1 nitrogen and oxygen atoms in total. The van der Waals surface area contributed by atoms with Crippen LogP contribution in [-0.4, -0.2) is 35.7 Å². The summed E-state index contributed by atoms with van der Waals surface area (Å²) in [5.41, 5.74) is 0. The molecule has 0 heterocycles. The van der Waals surface area contributed by atoms with Crippen LogP contribution >= 0.6 is 46.4 Å². The fourth-order valence-electron chi connectivity index (χ4n) is 0.971. The predicted molar refractivity (Wildman–Crippen MR) is 69.9 cm³/mol. The fourth-order valence-corrected chi connectivity index (χ4v) is 2.19. The van der Waals surface area contributed by atoms with E-state index in [9.17, 15) is 0 Å². The molecule has 0 saturated carbocycles. The van der Waals surface area contributed by atoms with E-state index in [2.05, 4.69) is 0 Å². The number of hydrogen-bond donors (Lipinski definition) is 0. The van der Waals surface area contributed by atoms with Gasteiger partial charge < -0.3 is 4.74 Å². The van der Waals surface area contributed by atoms with E-state index in [1.54, 1.807) is 0 Å². The van der Waals surface area contributed by atoms with Gasteiger partial charge in [0.25, 0.3) is 0 Å². The average Bonchev–Trinajstić information content (AvgIpc) is 2.17. The molecular formula is C10H18Cl4O. The lowest BCUT2D eigenvalue weighted by Gasteiger charge is -2.20. The minimum absolute atomic E-state index is 0.0189. The van der Waals surface area contributed by atoms with Crippen molar-refractivity contribution in [1.82, 2.24) is 0 Å². The largest absolute Gasteiger partial charge is 0.381 e. The summed E-state index contributed by atoms with van der Waals surface area (Å²) >= 11 is 23.4. The Morgan fingerprint density at radius 3 is 1.40 bits per heavy atom. The van der Waals surface area contributed by atoms with Gasteiger partial charge in [-0.3, -0.25) is 0 Å². The van der Waals surface area contributed by atoms with Crippen LogP contribution in [0.5, 0.6) is 0 Å². The highest BCUT2D eigenvalue weighted by atomic mass is 35.5. The van der Waals surface area contributed by atoms with Crippen molar-refractivity contribution < 1.29 is 4.74 Å². The van der Waals surface area contributed by atoms with E-state index in [1.165, 1.54) is 0 Å². The molecular weight excluding hydrogens is 278 g/mol. The Hall–Kier alpha value is 1.12. The summed E-state index contributed by atoms with van der Waals surface area (Å²) < 4.78 is 5.52. The molecule has 92 valence electrons. The van der Waals surface area contributed by atoms with Gasteiger partial charge in [-0.05, 0) is 13.8 Å². The first-order valence-electron chi connectivity index (χ1n) is 5.00. The molecule has 0 rings (SSSR count). The van der Waals surface area contributed by atoms with E-state index in [1.807, 2.05) is 13.8 Å². The molecule has 0 aromatic carbocycles. The van der Waals surface area contributed by atoms with Crippen LogP contribution in [0.15, 0.2) is 0 Å². The monoisotopic (exact) mass is 294 g/mol. The second-order valence-electron chi connectivity index (χ2n) is 3.72. The Morgan fingerprint density at radius 1 is 0.867 bits per heavy atom. The lowest BCUT2D eigenvalue weighted by atomic mass is 10.1. The summed E-state index contributed by atoms with van der Waals surface area (Å²) in [6.45, 7) is 4.96. The lowest BCUT2D eigenvalue weighted by Crippen LogP contribution is -2.25. The van der Waals surface area contributed by atoms with Crippen molar-refractivity contribution in [3.05, 3.63) is 0 Å². The zero-order chi connectivity index (χ0) is 11.8. The van der Waals surface area contributed by atoms with E-state index >= 15 is 0 Å². The Labute approximate surface area is 112 Å². The fraction of sp³-hybridized carbons (Fsp3) is 1.00. The second kappa shape index (κ2) is 9.18. The SMILES string of the molecule is CC(Cl)C(CCl)COCC(CCl)C(C)Cl. The summed E-state index contributed by atoms with van der Waals surface area (Å²) in [6.07, 6.45) is 0. The molecule has 15 heavy (non-hydrogen) atoms. The van der Waals surface area contributed by atoms with Crippen molar-refractivity contribution >= 4 is 46.4 Å². The molecule has 5 heteroatoms. The van der Waals surface area contributed by atoms with Gasteiger partial charge in [-0.25, -0.2) is 0 Å². The van der Waals surface area contributed by atoms with Gasteiger partial charge in [-0.15, -0.1) is 46.4 Å². The van der Waals surface area contributed by atoms with Crippen molar-refractivity contribution in [2.45, 2.75) is 24.6 Å². The van der Waals surface area contributed by atoms with Gasteiger partial charge in [-0.2, -0.15) is 0 Å². The smallest absolute Gasteiger partial charge is 0.0519 e. The molecule has 0 N–H and O–H groups in total. The van der Waals surface area contributed by atoms with Crippen molar-refractivity contribution in [2.24, 2.45) is 11.8 Å². The van der Waals surface area contributed by atoms with Crippen LogP contribution < -0.4 is 0 Å². The molecule has 0 amide bonds. The van der Waals surface area contributed by atoms with Gasteiger partial charge in [0.1, 0.15) is 0 Å². The van der Waals surface area contributed by atoms with Crippen molar-refractivity contribution in [1.29, 1.82) is 0 Å². The van der Waals surface area contributed by atoms with E-state index < -0.39 is 0 Å². The number of hydrogen-bond acceptors (Lipinski definition) is 1. The molecule has 0 spiro atoms. The standard InChI is InChI=1S/C10H18Cl4O/c1-7(13)9(3-11)5-15-6-10(4-12)8(2)14/h7-10H,3-6H2,1-2H3. The minimum atomic E-state index is 0.0189. The average molecular weight is 296 g/mol. The van der Waals surface area contributed by atoms with E-state index in [-0.39, 0.29) is 22.6 Å². The highest BCUT2D eigenvalue weighted by Gasteiger charge is 2.17. The van der Waals surface area contributed by atoms with Crippen molar-refractivity contribution in [2.75, 3.05) is 25.0 Å². The van der Waals surface area contributed by atoms with Gasteiger partial charge in [0, 0.05) is 34.3 Å². The van der Waals surface area contributed by atoms with Crippen LogP contribution in [0.25, 0.3) is 0 Å². The molecule has 0 aliphatic heterocycles. The van der Waals surface area contributed by atoms with E-state index in [0.717, 1.165) is 0 Å². The number of rotatable bonds is 8. The van der Waals surface area contributed by atoms with Crippen LogP contribution in [0.2, 0.25) is 0 Å². The first-order valence-corrected chi connectivity index (χ1v) is 6.94. The maximum Gasteiger partial charge on any atom is 0.0519 e. The summed E-state index contributed by atoms with van der Waals surface area (Å²) in [6, 6.07) is 0. The highest BCUT2D eigenvalue weighted by Crippen LogP contribution is 2.16. The molecule has 4 unspecified atom stereocenters. The summed E-state index contributed by atoms with van der Waals surface area (Å²) in [5.74, 6) is 1.36. The maximum absolute atomic E-state index is 5.94. The molecule has 0 radical (unpaired) electrons. The number of alkyl halides is 4. The first kappa shape index (κ1) is 16.1. The third-order valence-corrected chi connectivity index (χ3v) is 3.86. The second-order valence-corrected chi connectivity index (χ2v) is 5.72. The molecule has 0 aromatic rings. The van der Waals surface area contributed by atoms with Crippen molar-refractivity contribution in [3.8, 4) is 0 Å². The maximum atomic E-state index is 5.94. The topological polar surface area (TPSA) is 9.23 Å². The molecule has 0 aromatic heterocycles. The van der Waals surface area contributed by atoms with E-state index in [4.69, 9.17) is 51.1 Å². The van der Waals surface area contributed by atoms with Gasteiger partial charge in [0.15, 0.2) is 0 Å². The summed E-state index contributed by atoms with van der Waals surface area (Å²) in [5, 5.41) is 0.0377. The van der Waals surface area contributed by atoms with Crippen LogP contribution in [0, 0.1) is 11.8 Å². The number of halogens is 4. The molecule has 4 atom stereocenters. The quantitative estimate of drug-likeness (QED) is 0.616. The molecule has 0 bridgehead atoms. The van der Waals surface area contributed by atoms with Crippen LogP contribution in [-0.2, 0) is 4.74 Å². The van der Waals surface area contributed by atoms with Crippen LogP contribution in [0.1, 0.15) is 13.8 Å². The lowest BCUT2D eigenvalue weighted by molar-refractivity contribution is 0.0814. The Kier molecular flexibility index (Phi) is 9.87. The predicted octanol–water partition coefficient (Wildman–Crippen LogP) is 3.97. The summed E-state index contributed by atoms with van der Waals surface area (Å²) in [4.78, 5) is 0. The van der Waals surface area contributed by atoms with Gasteiger partial charge >= 0.3 is 0 Å². The number of ether oxygens (including phenoxy) is 1. The Balaban J connectivity index is 3.75. The van der Waals surface area contributed by atoms with Crippen molar-refractivity contribution in [3.63, 3.8) is 0 Å². The molecule has 0 aliphatic carbocycles. The molecule has 0 aliphatic rings. The van der Waals surface area contributed by atoms with Gasteiger partial charge in [-0.1, -0.05) is 0 Å². The molecule has 0 fully saturated rings. The zero-order valence-corrected chi connectivity index (χ0v) is 12.1. The van der Waals surface area contributed by atoms with Crippen LogP contribution in [0.4, 0.5) is 0 Å². The normalized spacial score (nSPS) is 19.6. The van der Waals surface area contributed by atoms with Gasteiger partial charge in [0.2, 0.25) is 0 Å². The Bertz CT molecular complexity index is 136. The minimum Gasteiger partial charge on any atom is -0.381 e. The summed E-state index contributed by atoms with van der Waals surface area (Å²) in [7, 11) is 0. The molecule has 0 saturated heterocycles. The third-order valence-electron chi connectivity index (χ3n) is 2.36. The van der Waals surface area contributed by atoms with Crippen LogP contribution in [0.3, 0.4) is 0 Å².